The van der Waals surface area contributed by atoms with Crippen LogP contribution in [0.15, 0.2) is 97.1 Å². The molecule has 4 aromatic rings. The highest BCUT2D eigenvalue weighted by Crippen LogP contribution is 2.53. The van der Waals surface area contributed by atoms with Gasteiger partial charge in [-0.25, -0.2) is 8.78 Å². The highest BCUT2D eigenvalue weighted by Gasteiger charge is 2.48. The average molecular weight is 722 g/mol. The van der Waals surface area contributed by atoms with Crippen LogP contribution in [0.25, 0.3) is 22.3 Å². The van der Waals surface area contributed by atoms with E-state index in [0.29, 0.717) is 44.9 Å². The standard InChI is InChI=1S/C43H48F5NO3/c1-41(44,45)31-26-24-30(25-27-31)33-17-7-8-20-36(33)39(51)23-13-6-16-32(50)15-5-3-2-4-14-28-42(40(52)49-29-43(46,47)48)37-21-11-9-18-34(37)35-19-10-12-22-38(35)42/h7-12,17-22,24-27,39-40,49,51-52H,2-6,13-16,23,28-29H2,1H3. The molecule has 0 aliphatic heterocycles. The Hall–Kier alpha value is -3.92. The fourth-order valence-corrected chi connectivity index (χ4v) is 7.64. The number of alkyl halides is 5. The fourth-order valence-electron chi connectivity index (χ4n) is 7.64. The molecular weight excluding hydrogens is 673 g/mol. The fraction of sp³-hybridized carbons (Fsp3) is 0.419. The number of Topliss-reactive ketones (excluding diaryl/α,β-unsaturated/α-hetero) is 1. The summed E-state index contributed by atoms with van der Waals surface area (Å²) in [6, 6.07) is 28.7. The zero-order chi connectivity index (χ0) is 37.4. The summed E-state index contributed by atoms with van der Waals surface area (Å²) in [7, 11) is 0. The van der Waals surface area contributed by atoms with Crippen molar-refractivity contribution >= 4 is 5.78 Å². The molecule has 0 radical (unpaired) electrons. The monoisotopic (exact) mass is 721 g/mol. The first-order valence-corrected chi connectivity index (χ1v) is 18.3. The lowest BCUT2D eigenvalue weighted by Crippen LogP contribution is -2.50. The van der Waals surface area contributed by atoms with Crippen LogP contribution in [0.1, 0.15) is 106 Å². The van der Waals surface area contributed by atoms with Gasteiger partial charge in [0, 0.05) is 25.3 Å². The van der Waals surface area contributed by atoms with Crippen LogP contribution in [0.4, 0.5) is 22.0 Å². The van der Waals surface area contributed by atoms with Gasteiger partial charge in [-0.1, -0.05) is 129 Å². The molecule has 1 aliphatic rings. The van der Waals surface area contributed by atoms with E-state index in [9.17, 15) is 37.0 Å². The first-order valence-electron chi connectivity index (χ1n) is 18.3. The number of hydrogen-bond acceptors (Lipinski definition) is 4. The van der Waals surface area contributed by atoms with Crippen LogP contribution >= 0.6 is 0 Å². The van der Waals surface area contributed by atoms with Crippen LogP contribution in [-0.4, -0.2) is 34.9 Å². The molecule has 5 rings (SSSR count). The van der Waals surface area contributed by atoms with Gasteiger partial charge in [0.2, 0.25) is 0 Å². The first-order chi connectivity index (χ1) is 24.8. The predicted molar refractivity (Wildman–Crippen MR) is 195 cm³/mol. The quantitative estimate of drug-likeness (QED) is 0.0512. The van der Waals surface area contributed by atoms with Crippen molar-refractivity contribution in [1.82, 2.24) is 5.32 Å². The van der Waals surface area contributed by atoms with E-state index in [4.69, 9.17) is 0 Å². The van der Waals surface area contributed by atoms with E-state index in [-0.39, 0.29) is 11.3 Å². The number of aliphatic hydroxyl groups excluding tert-OH is 2. The minimum absolute atomic E-state index is 0.0657. The number of carbonyl (C=O) groups is 1. The molecule has 1 aliphatic carbocycles. The molecule has 0 spiro atoms. The minimum Gasteiger partial charge on any atom is -0.388 e. The number of carbonyl (C=O) groups excluding carboxylic acids is 1. The Bertz CT molecular complexity index is 1720. The smallest absolute Gasteiger partial charge is 0.388 e. The van der Waals surface area contributed by atoms with E-state index < -0.39 is 36.4 Å². The van der Waals surface area contributed by atoms with Gasteiger partial charge < -0.3 is 10.2 Å². The molecule has 2 atom stereocenters. The highest BCUT2D eigenvalue weighted by molar-refractivity contribution is 5.81. The van der Waals surface area contributed by atoms with E-state index in [2.05, 4.69) is 5.32 Å². The molecule has 4 aromatic carbocycles. The van der Waals surface area contributed by atoms with Crippen molar-refractivity contribution in [2.45, 2.75) is 107 Å². The molecule has 0 saturated heterocycles. The molecule has 9 heteroatoms. The molecule has 52 heavy (non-hydrogen) atoms. The summed E-state index contributed by atoms with van der Waals surface area (Å²) in [5, 5.41) is 24.7. The second kappa shape index (κ2) is 17.3. The van der Waals surface area contributed by atoms with Gasteiger partial charge in [0.15, 0.2) is 0 Å². The maximum Gasteiger partial charge on any atom is 0.401 e. The van der Waals surface area contributed by atoms with Gasteiger partial charge in [-0.2, -0.15) is 13.2 Å². The highest BCUT2D eigenvalue weighted by atomic mass is 19.4. The first kappa shape index (κ1) is 39.3. The van der Waals surface area contributed by atoms with Crippen LogP contribution in [0.5, 0.6) is 0 Å². The van der Waals surface area contributed by atoms with E-state index in [1.807, 2.05) is 72.8 Å². The van der Waals surface area contributed by atoms with Gasteiger partial charge in [0.1, 0.15) is 12.0 Å². The molecule has 3 N–H and O–H groups in total. The van der Waals surface area contributed by atoms with Gasteiger partial charge in [0.05, 0.1) is 18.1 Å². The van der Waals surface area contributed by atoms with Crippen LogP contribution in [0.3, 0.4) is 0 Å². The van der Waals surface area contributed by atoms with E-state index >= 15 is 0 Å². The van der Waals surface area contributed by atoms with Gasteiger partial charge in [-0.3, -0.25) is 10.1 Å². The van der Waals surface area contributed by atoms with Gasteiger partial charge in [0.25, 0.3) is 5.92 Å². The second-order valence-electron chi connectivity index (χ2n) is 14.1. The van der Waals surface area contributed by atoms with Crippen LogP contribution in [0, 0.1) is 0 Å². The lowest BCUT2D eigenvalue weighted by molar-refractivity contribution is -0.133. The number of rotatable bonds is 19. The normalized spacial score (nSPS) is 14.8. The maximum atomic E-state index is 13.7. The third kappa shape index (κ3) is 9.54. The van der Waals surface area contributed by atoms with E-state index in [1.165, 1.54) is 12.1 Å². The van der Waals surface area contributed by atoms with Crippen molar-refractivity contribution in [3.63, 3.8) is 0 Å². The number of ketones is 1. The van der Waals surface area contributed by atoms with Crippen molar-refractivity contribution in [3.8, 4) is 22.3 Å². The number of nitrogens with one attached hydrogen (secondary N) is 1. The number of halogens is 5. The van der Waals surface area contributed by atoms with Crippen LogP contribution < -0.4 is 5.32 Å². The summed E-state index contributed by atoms with van der Waals surface area (Å²) >= 11 is 0. The van der Waals surface area contributed by atoms with Crippen molar-refractivity contribution in [2.75, 3.05) is 6.54 Å². The predicted octanol–water partition coefficient (Wildman–Crippen LogP) is 10.8. The number of unbranched alkanes of at least 4 members (excludes halogenated alkanes) is 5. The molecular formula is C43H48F5NO3. The molecule has 2 unspecified atom stereocenters. The van der Waals surface area contributed by atoms with Crippen molar-refractivity contribution < 1.29 is 37.0 Å². The third-order valence-corrected chi connectivity index (χ3v) is 10.3. The summed E-state index contributed by atoms with van der Waals surface area (Å²) in [5.74, 6) is -2.74. The number of benzene rings is 4. The Morgan fingerprint density at radius 2 is 1.19 bits per heavy atom. The largest absolute Gasteiger partial charge is 0.401 e. The Morgan fingerprint density at radius 1 is 0.673 bits per heavy atom. The summed E-state index contributed by atoms with van der Waals surface area (Å²) in [5.41, 5.74) is 4.71. The molecule has 0 amide bonds. The van der Waals surface area contributed by atoms with Crippen LogP contribution in [0.2, 0.25) is 0 Å². The lowest BCUT2D eigenvalue weighted by atomic mass is 9.72. The Labute approximate surface area is 303 Å². The Morgan fingerprint density at radius 3 is 1.79 bits per heavy atom. The zero-order valence-corrected chi connectivity index (χ0v) is 29.6. The molecule has 278 valence electrons. The SMILES string of the molecule is CC(F)(F)c1ccc(-c2ccccc2C(O)CCCCC(=O)CCCCCCCC2(C(O)NCC(F)(F)F)c3ccccc3-c3ccccc32)cc1. The second-order valence-corrected chi connectivity index (χ2v) is 14.1. The Balaban J connectivity index is 1.05. The lowest BCUT2D eigenvalue weighted by Gasteiger charge is -2.37. The molecule has 0 saturated carbocycles. The number of aliphatic hydroxyl groups is 2. The maximum absolute atomic E-state index is 13.7. The third-order valence-electron chi connectivity index (χ3n) is 10.3. The van der Waals surface area contributed by atoms with Crippen molar-refractivity contribution in [3.05, 3.63) is 119 Å². The molecule has 0 aromatic heterocycles. The Kier molecular flexibility index (Phi) is 13.1. The van der Waals surface area contributed by atoms with Crippen molar-refractivity contribution in [1.29, 1.82) is 0 Å². The van der Waals surface area contributed by atoms with Gasteiger partial charge in [-0.05, 0) is 64.6 Å². The van der Waals surface area contributed by atoms with E-state index in [0.717, 1.165) is 71.6 Å². The van der Waals surface area contributed by atoms with Crippen LogP contribution in [-0.2, 0) is 16.1 Å². The minimum atomic E-state index is -4.46. The summed E-state index contributed by atoms with van der Waals surface area (Å²) < 4.78 is 66.8. The van der Waals surface area contributed by atoms with Gasteiger partial charge in [-0.15, -0.1) is 0 Å². The van der Waals surface area contributed by atoms with Gasteiger partial charge >= 0.3 is 6.18 Å². The van der Waals surface area contributed by atoms with Crippen molar-refractivity contribution in [2.24, 2.45) is 0 Å². The molecule has 0 bridgehead atoms. The average Bonchev–Trinajstić information content (AvgIpc) is 3.41. The molecule has 0 heterocycles. The summed E-state index contributed by atoms with van der Waals surface area (Å²) in [6.45, 7) is -0.426. The van der Waals surface area contributed by atoms with E-state index in [1.54, 1.807) is 12.1 Å². The molecule has 4 nitrogen and oxygen atoms in total. The molecule has 0 fully saturated rings. The zero-order valence-electron chi connectivity index (χ0n) is 29.6. The number of fused-ring (bicyclic) bond motifs is 3. The summed E-state index contributed by atoms with van der Waals surface area (Å²) in [6.07, 6.45) is 0.564. The summed E-state index contributed by atoms with van der Waals surface area (Å²) in [4.78, 5) is 12.6. The topological polar surface area (TPSA) is 69.6 Å². The number of hydrogen-bond donors (Lipinski definition) is 3.